The summed E-state index contributed by atoms with van der Waals surface area (Å²) in [6.07, 6.45) is 12.7. The summed E-state index contributed by atoms with van der Waals surface area (Å²) in [6.45, 7) is 11.9. The maximum atomic E-state index is 11.9. The van der Waals surface area contributed by atoms with E-state index < -0.39 is 0 Å². The first-order chi connectivity index (χ1) is 16.6. The van der Waals surface area contributed by atoms with Crippen LogP contribution < -0.4 is 0 Å². The predicted molar refractivity (Wildman–Crippen MR) is 138 cm³/mol. The molecule has 6 rings (SSSR count). The molecule has 1 amide bonds. The van der Waals surface area contributed by atoms with Gasteiger partial charge in [-0.3, -0.25) is 0 Å². The van der Waals surface area contributed by atoms with E-state index in [1.165, 1.54) is 58.5 Å². The second kappa shape index (κ2) is 8.61. The number of carbonyl (C=O) groups is 1. The lowest BCUT2D eigenvalue weighted by Crippen LogP contribution is -2.54. The van der Waals surface area contributed by atoms with Gasteiger partial charge in [0.2, 0.25) is 0 Å². The van der Waals surface area contributed by atoms with Crippen molar-refractivity contribution in [3.63, 3.8) is 0 Å². The average Bonchev–Trinajstić information content (AvgIpc) is 3.43. The maximum Gasteiger partial charge on any atom is 0.409 e. The summed E-state index contributed by atoms with van der Waals surface area (Å²) in [4.78, 5) is 13.5. The van der Waals surface area contributed by atoms with Crippen LogP contribution in [0.25, 0.3) is 0 Å². The summed E-state index contributed by atoms with van der Waals surface area (Å²) in [5, 5.41) is 10.8. The van der Waals surface area contributed by atoms with Gasteiger partial charge in [0.1, 0.15) is 0 Å². The van der Waals surface area contributed by atoms with Gasteiger partial charge in [0.05, 0.1) is 25.4 Å². The number of methoxy groups -OCH3 is 1. The molecule has 200 valence electrons. The van der Waals surface area contributed by atoms with Crippen LogP contribution in [0.1, 0.15) is 98.8 Å². The molecular formula is C30H51NO4. The molecule has 0 bridgehead atoms. The number of rotatable bonds is 2. The van der Waals surface area contributed by atoms with Crippen molar-refractivity contribution in [2.45, 2.75) is 117 Å². The quantitative estimate of drug-likeness (QED) is 0.496. The first kappa shape index (κ1) is 25.8. The summed E-state index contributed by atoms with van der Waals surface area (Å²) >= 11 is 0. The SMILES string of the molecule is CC.COC(=O)N(C)CC1CCC2C(CC3C4CC[C@H]5C(C)(C)[C@@H](O)CCC56C[C@@]46CCC23C)O1. The van der Waals surface area contributed by atoms with E-state index in [1.54, 1.807) is 4.90 Å². The Morgan fingerprint density at radius 2 is 1.69 bits per heavy atom. The minimum absolute atomic E-state index is 0.0686. The van der Waals surface area contributed by atoms with E-state index in [0.29, 0.717) is 40.7 Å². The lowest BCUT2D eigenvalue weighted by Gasteiger charge is -2.59. The molecule has 5 nitrogen and oxygen atoms in total. The number of aliphatic hydroxyl groups excluding tert-OH is 1. The molecule has 1 aliphatic heterocycles. The number of hydrogen-bond acceptors (Lipinski definition) is 4. The molecular weight excluding hydrogens is 438 g/mol. The molecule has 10 atom stereocenters. The Kier molecular flexibility index (Phi) is 6.35. The Labute approximate surface area is 213 Å². The highest BCUT2D eigenvalue weighted by molar-refractivity contribution is 5.66. The molecule has 6 fully saturated rings. The Balaban J connectivity index is 0.00000124. The molecule has 0 aromatic heterocycles. The lowest BCUT2D eigenvalue weighted by molar-refractivity contribution is -0.135. The zero-order chi connectivity index (χ0) is 25.4. The van der Waals surface area contributed by atoms with Crippen LogP contribution in [0.4, 0.5) is 4.79 Å². The Bertz CT molecular complexity index is 829. The molecule has 1 saturated heterocycles. The predicted octanol–water partition coefficient (Wildman–Crippen LogP) is 6.28. The molecule has 0 radical (unpaired) electrons. The van der Waals surface area contributed by atoms with Crippen LogP contribution in [0.3, 0.4) is 0 Å². The monoisotopic (exact) mass is 489 g/mol. The van der Waals surface area contributed by atoms with Gasteiger partial charge in [-0.2, -0.15) is 0 Å². The van der Waals surface area contributed by atoms with Crippen molar-refractivity contribution in [1.29, 1.82) is 0 Å². The normalized spacial score (nSPS) is 50.7. The first-order valence-corrected chi connectivity index (χ1v) is 14.7. The number of amides is 1. The van der Waals surface area contributed by atoms with Crippen LogP contribution in [-0.2, 0) is 9.47 Å². The highest BCUT2D eigenvalue weighted by atomic mass is 16.5. The van der Waals surface area contributed by atoms with Crippen molar-refractivity contribution in [3.05, 3.63) is 0 Å². The number of fused-ring (bicyclic) bond motifs is 4. The zero-order valence-corrected chi connectivity index (χ0v) is 23.4. The van der Waals surface area contributed by atoms with Crippen molar-refractivity contribution < 1.29 is 19.4 Å². The van der Waals surface area contributed by atoms with Crippen molar-refractivity contribution in [1.82, 2.24) is 4.90 Å². The van der Waals surface area contributed by atoms with Crippen LogP contribution in [-0.4, -0.2) is 55.1 Å². The van der Waals surface area contributed by atoms with E-state index in [1.807, 2.05) is 20.9 Å². The number of likely N-dealkylation sites (N-methyl/N-ethyl adjacent to an activating group) is 1. The van der Waals surface area contributed by atoms with Gasteiger partial charge in [-0.15, -0.1) is 0 Å². The fraction of sp³-hybridized carbons (Fsp3) is 0.967. The van der Waals surface area contributed by atoms with Gasteiger partial charge in [0.15, 0.2) is 0 Å². The third-order valence-electron chi connectivity index (χ3n) is 12.6. The zero-order valence-electron chi connectivity index (χ0n) is 23.4. The van der Waals surface area contributed by atoms with Gasteiger partial charge >= 0.3 is 6.09 Å². The number of ether oxygens (including phenoxy) is 2. The first-order valence-electron chi connectivity index (χ1n) is 14.7. The fourth-order valence-electron chi connectivity index (χ4n) is 11.0. The molecule has 5 heteroatoms. The van der Waals surface area contributed by atoms with E-state index in [2.05, 4.69) is 20.8 Å². The number of aliphatic hydroxyl groups is 1. The van der Waals surface area contributed by atoms with Gasteiger partial charge in [0.25, 0.3) is 0 Å². The van der Waals surface area contributed by atoms with Crippen LogP contribution in [0.5, 0.6) is 0 Å². The van der Waals surface area contributed by atoms with E-state index in [9.17, 15) is 9.90 Å². The highest BCUT2D eigenvalue weighted by Gasteiger charge is 2.80. The Morgan fingerprint density at radius 1 is 0.971 bits per heavy atom. The Morgan fingerprint density at radius 3 is 2.40 bits per heavy atom. The van der Waals surface area contributed by atoms with Gasteiger partial charge in [-0.25, -0.2) is 4.79 Å². The van der Waals surface area contributed by atoms with Crippen LogP contribution in [0.2, 0.25) is 0 Å². The second-order valence-electron chi connectivity index (χ2n) is 13.8. The highest BCUT2D eigenvalue weighted by Crippen LogP contribution is 2.87. The third kappa shape index (κ3) is 3.42. The summed E-state index contributed by atoms with van der Waals surface area (Å²) < 4.78 is 11.6. The van der Waals surface area contributed by atoms with Crippen molar-refractivity contribution in [2.75, 3.05) is 20.7 Å². The largest absolute Gasteiger partial charge is 0.453 e. The molecule has 0 aromatic rings. The van der Waals surface area contributed by atoms with E-state index >= 15 is 0 Å². The van der Waals surface area contributed by atoms with E-state index in [0.717, 1.165) is 24.7 Å². The maximum absolute atomic E-state index is 11.9. The van der Waals surface area contributed by atoms with Gasteiger partial charge in [-0.1, -0.05) is 34.6 Å². The van der Waals surface area contributed by atoms with Crippen LogP contribution in [0, 0.1) is 45.3 Å². The molecule has 6 aliphatic rings. The molecule has 7 unspecified atom stereocenters. The molecule has 35 heavy (non-hydrogen) atoms. The van der Waals surface area contributed by atoms with Gasteiger partial charge in [0, 0.05) is 13.6 Å². The minimum Gasteiger partial charge on any atom is -0.453 e. The molecule has 0 aromatic carbocycles. The molecule has 1 N–H and O–H groups in total. The van der Waals surface area contributed by atoms with Crippen molar-refractivity contribution >= 4 is 6.09 Å². The smallest absolute Gasteiger partial charge is 0.409 e. The van der Waals surface area contributed by atoms with Gasteiger partial charge in [-0.05, 0) is 110 Å². The average molecular weight is 490 g/mol. The van der Waals surface area contributed by atoms with Crippen LogP contribution in [0.15, 0.2) is 0 Å². The summed E-state index contributed by atoms with van der Waals surface area (Å²) in [5.74, 6) is 3.02. The number of hydrogen-bond donors (Lipinski definition) is 1. The summed E-state index contributed by atoms with van der Waals surface area (Å²) in [7, 11) is 3.26. The van der Waals surface area contributed by atoms with E-state index in [4.69, 9.17) is 9.47 Å². The fourth-order valence-corrected chi connectivity index (χ4v) is 11.0. The van der Waals surface area contributed by atoms with Crippen molar-refractivity contribution in [2.24, 2.45) is 45.3 Å². The number of nitrogens with zero attached hydrogens (tertiary/aromatic N) is 1. The summed E-state index contributed by atoms with van der Waals surface area (Å²) in [6, 6.07) is 0. The van der Waals surface area contributed by atoms with Gasteiger partial charge < -0.3 is 19.5 Å². The second-order valence-corrected chi connectivity index (χ2v) is 13.8. The molecule has 1 heterocycles. The standard InChI is InChI=1S/C28H45NO4.C2H6/c1-25(2)22-9-8-18-20-14-21-19(7-6-17(33-21)15-29(4)24(31)32-5)26(20,3)12-13-27(18)16-28(22,27)11-10-23(25)30;1-2/h17-23,30H,6-16H2,1-5H3;1-2H3/t17?,18?,19?,20?,21?,22-,23-,26?,27-,28?;/m0./s1. The lowest BCUT2D eigenvalue weighted by atomic mass is 9.46. The minimum atomic E-state index is -0.272. The Hall–Kier alpha value is -0.810. The number of carbonyl (C=O) groups excluding carboxylic acids is 1. The molecule has 2 spiro atoms. The van der Waals surface area contributed by atoms with Crippen LogP contribution >= 0.6 is 0 Å². The third-order valence-corrected chi connectivity index (χ3v) is 12.6. The topological polar surface area (TPSA) is 59.0 Å². The summed E-state index contributed by atoms with van der Waals surface area (Å²) in [5.41, 5.74) is 1.55. The van der Waals surface area contributed by atoms with E-state index in [-0.39, 0.29) is 23.7 Å². The molecule has 5 saturated carbocycles. The van der Waals surface area contributed by atoms with Crippen molar-refractivity contribution in [3.8, 4) is 0 Å². The molecule has 5 aliphatic carbocycles.